The van der Waals surface area contributed by atoms with Crippen molar-refractivity contribution in [1.82, 2.24) is 26.2 Å². The number of nitrogens with one attached hydrogen (secondary N) is 4. The van der Waals surface area contributed by atoms with Gasteiger partial charge in [0.05, 0.1) is 32.4 Å². The Kier molecular flexibility index (Phi) is 17.4. The average Bonchev–Trinajstić information content (AvgIpc) is 3.92. The molecule has 4 rings (SSSR count). The maximum absolute atomic E-state index is 14.3. The summed E-state index contributed by atoms with van der Waals surface area (Å²) in [6, 6.07) is 15.2. The summed E-state index contributed by atoms with van der Waals surface area (Å²) in [6.45, 7) is 11.7. The summed E-state index contributed by atoms with van der Waals surface area (Å²) in [5.41, 5.74) is 1.29. The van der Waals surface area contributed by atoms with Gasteiger partial charge in [0.25, 0.3) is 0 Å². The standard InChI is InChI=1S/C42H60N6O9/c1-28(2)22-33(38(42(5)27-56-42)47-57-26-37(50)51)44-41(54)35(24-31-14-10-7-11-15-31)46-40(53)34(23-29(3)4)45-39(52)32(17-16-30-12-8-6-9-13-30)43-36(49)25-48-18-20-55-21-19-48/h6-15,28-29,32-35H,16-27H2,1-5H3,(H,43,49)(H,44,54)(H,45,52)(H,46,53)(H,50,51)/b47-38-/t32-,33-,34?,35-,42+/m0/s1. The number of aliphatic carboxylic acids is 1. The highest BCUT2D eigenvalue weighted by atomic mass is 16.6. The molecule has 2 aliphatic heterocycles. The van der Waals surface area contributed by atoms with Crippen LogP contribution >= 0.6 is 0 Å². The van der Waals surface area contributed by atoms with E-state index in [0.717, 1.165) is 11.1 Å². The number of morpholine rings is 1. The van der Waals surface area contributed by atoms with Crippen molar-refractivity contribution in [3.63, 3.8) is 0 Å². The lowest BCUT2D eigenvalue weighted by Gasteiger charge is -2.29. The Morgan fingerprint density at radius 3 is 1.88 bits per heavy atom. The number of carbonyl (C=O) groups excluding carboxylic acids is 4. The first-order chi connectivity index (χ1) is 27.2. The number of ether oxygens (including phenoxy) is 2. The maximum atomic E-state index is 14.3. The van der Waals surface area contributed by atoms with Crippen LogP contribution in [-0.2, 0) is 51.1 Å². The second kappa shape index (κ2) is 22.2. The molecule has 0 aliphatic carbocycles. The Morgan fingerprint density at radius 1 is 0.772 bits per heavy atom. The van der Waals surface area contributed by atoms with Gasteiger partial charge in [-0.1, -0.05) is 93.5 Å². The summed E-state index contributed by atoms with van der Waals surface area (Å²) < 4.78 is 11.1. The minimum Gasteiger partial charge on any atom is -0.479 e. The van der Waals surface area contributed by atoms with Crippen molar-refractivity contribution in [2.24, 2.45) is 17.0 Å². The van der Waals surface area contributed by atoms with Crippen molar-refractivity contribution in [1.29, 1.82) is 0 Å². The number of amides is 4. The minimum absolute atomic E-state index is 0.0135. The molecule has 15 heteroatoms. The minimum atomic E-state index is -1.20. The third-order valence-electron chi connectivity index (χ3n) is 9.77. The van der Waals surface area contributed by atoms with Crippen molar-refractivity contribution < 1.29 is 43.4 Å². The monoisotopic (exact) mass is 792 g/mol. The summed E-state index contributed by atoms with van der Waals surface area (Å²) >= 11 is 0. The molecule has 2 aromatic rings. The van der Waals surface area contributed by atoms with Gasteiger partial charge in [0.1, 0.15) is 29.4 Å². The third kappa shape index (κ3) is 15.5. The van der Waals surface area contributed by atoms with Crippen LogP contribution in [0.15, 0.2) is 65.8 Å². The van der Waals surface area contributed by atoms with E-state index in [-0.39, 0.29) is 37.1 Å². The molecule has 57 heavy (non-hydrogen) atoms. The summed E-state index contributed by atoms with van der Waals surface area (Å²) in [6.07, 6.45) is 1.67. The van der Waals surface area contributed by atoms with Crippen molar-refractivity contribution in [3.8, 4) is 0 Å². The molecule has 2 fully saturated rings. The van der Waals surface area contributed by atoms with E-state index < -0.39 is 60.1 Å². The van der Waals surface area contributed by atoms with E-state index in [2.05, 4.69) is 26.4 Å². The van der Waals surface area contributed by atoms with Gasteiger partial charge in [-0.05, 0) is 55.6 Å². The highest BCUT2D eigenvalue weighted by Crippen LogP contribution is 2.31. The smallest absolute Gasteiger partial charge is 0.344 e. The number of carboxylic acids is 1. The van der Waals surface area contributed by atoms with Gasteiger partial charge in [-0.3, -0.25) is 24.1 Å². The summed E-state index contributed by atoms with van der Waals surface area (Å²) in [5.74, 6) is -2.98. The molecule has 5 atom stereocenters. The fraction of sp³-hybridized carbons (Fsp3) is 0.571. The molecule has 0 saturated carbocycles. The predicted octanol–water partition coefficient (Wildman–Crippen LogP) is 2.47. The van der Waals surface area contributed by atoms with Gasteiger partial charge in [-0.25, -0.2) is 4.79 Å². The van der Waals surface area contributed by atoms with Crippen molar-refractivity contribution in [3.05, 3.63) is 71.8 Å². The second-order valence-corrected chi connectivity index (χ2v) is 15.8. The van der Waals surface area contributed by atoms with Crippen LogP contribution < -0.4 is 21.3 Å². The molecule has 2 aromatic carbocycles. The van der Waals surface area contributed by atoms with Crippen LogP contribution in [0.5, 0.6) is 0 Å². The first kappa shape index (κ1) is 44.8. The number of aryl methyl sites for hydroxylation is 1. The molecule has 0 bridgehead atoms. The largest absolute Gasteiger partial charge is 0.479 e. The molecule has 1 unspecified atom stereocenters. The van der Waals surface area contributed by atoms with Crippen LogP contribution in [0, 0.1) is 11.8 Å². The summed E-state index contributed by atoms with van der Waals surface area (Å²) in [5, 5.41) is 25.1. The number of hydrogen-bond donors (Lipinski definition) is 5. The van der Waals surface area contributed by atoms with Crippen LogP contribution in [-0.4, -0.2) is 121 Å². The van der Waals surface area contributed by atoms with Crippen molar-refractivity contribution in [2.75, 3.05) is 46.1 Å². The number of rotatable bonds is 23. The topological polar surface area (TPSA) is 200 Å². The SMILES string of the molecule is CC(C)CC(NC(=O)[C@H](CCc1ccccc1)NC(=O)CN1CCOCC1)C(=O)N[C@@H](Cc1ccccc1)C(=O)N[C@@H](CC(C)C)/C(=N/OCC(=O)O)[C@@]1(C)CO1. The second-order valence-electron chi connectivity index (χ2n) is 15.8. The number of nitrogens with zero attached hydrogens (tertiary/aromatic N) is 2. The number of carbonyl (C=O) groups is 5. The first-order valence-corrected chi connectivity index (χ1v) is 19.9. The lowest BCUT2D eigenvalue weighted by molar-refractivity contribution is -0.142. The molecule has 15 nitrogen and oxygen atoms in total. The van der Waals surface area contributed by atoms with E-state index in [1.54, 1.807) is 6.92 Å². The molecular weight excluding hydrogens is 732 g/mol. The van der Waals surface area contributed by atoms with Crippen molar-refractivity contribution >= 4 is 35.3 Å². The fourth-order valence-electron chi connectivity index (χ4n) is 6.66. The third-order valence-corrected chi connectivity index (χ3v) is 9.77. The van der Waals surface area contributed by atoms with Gasteiger partial charge in [0.15, 0.2) is 0 Å². The van der Waals surface area contributed by atoms with Gasteiger partial charge in [0.2, 0.25) is 30.2 Å². The predicted molar refractivity (Wildman–Crippen MR) is 214 cm³/mol. The van der Waals surface area contributed by atoms with E-state index in [0.29, 0.717) is 57.9 Å². The quantitative estimate of drug-likeness (QED) is 0.0633. The number of oxime groups is 1. The van der Waals surface area contributed by atoms with Crippen LogP contribution in [0.4, 0.5) is 0 Å². The summed E-state index contributed by atoms with van der Waals surface area (Å²) in [4.78, 5) is 74.1. The Labute approximate surface area is 335 Å². The van der Waals surface area contributed by atoms with E-state index in [9.17, 15) is 24.0 Å². The Balaban J connectivity index is 1.55. The van der Waals surface area contributed by atoms with Crippen LogP contribution in [0.1, 0.15) is 65.0 Å². The van der Waals surface area contributed by atoms with Gasteiger partial charge >= 0.3 is 5.97 Å². The molecule has 2 aliphatic rings. The molecule has 0 aromatic heterocycles. The normalized spacial score (nSPS) is 19.2. The van der Waals surface area contributed by atoms with Gasteiger partial charge in [0, 0.05) is 19.5 Å². The first-order valence-electron chi connectivity index (χ1n) is 19.9. The summed E-state index contributed by atoms with van der Waals surface area (Å²) in [7, 11) is 0. The Morgan fingerprint density at radius 2 is 1.30 bits per heavy atom. The van der Waals surface area contributed by atoms with E-state index in [1.807, 2.05) is 93.3 Å². The molecule has 4 amide bonds. The molecule has 0 spiro atoms. The Hall–Kier alpha value is -4.86. The average molecular weight is 793 g/mol. The Bertz CT molecular complexity index is 1650. The maximum Gasteiger partial charge on any atom is 0.344 e. The van der Waals surface area contributed by atoms with Crippen LogP contribution in [0.3, 0.4) is 0 Å². The van der Waals surface area contributed by atoms with Crippen LogP contribution in [0.25, 0.3) is 0 Å². The van der Waals surface area contributed by atoms with E-state index in [1.165, 1.54) is 0 Å². The molecule has 312 valence electrons. The zero-order chi connectivity index (χ0) is 41.4. The highest BCUT2D eigenvalue weighted by Gasteiger charge is 2.49. The number of carboxylic acid groups (broad SMARTS) is 1. The van der Waals surface area contributed by atoms with Gasteiger partial charge in [-0.15, -0.1) is 0 Å². The molecule has 0 radical (unpaired) electrons. The van der Waals surface area contributed by atoms with Gasteiger partial charge < -0.3 is 40.7 Å². The highest BCUT2D eigenvalue weighted by molar-refractivity contribution is 6.01. The lowest BCUT2D eigenvalue weighted by Crippen LogP contribution is -2.59. The fourth-order valence-corrected chi connectivity index (χ4v) is 6.66. The number of epoxide rings is 1. The lowest BCUT2D eigenvalue weighted by atomic mass is 9.92. The van der Waals surface area contributed by atoms with E-state index in [4.69, 9.17) is 19.4 Å². The number of benzene rings is 2. The van der Waals surface area contributed by atoms with Crippen LogP contribution in [0.2, 0.25) is 0 Å². The zero-order valence-corrected chi connectivity index (χ0v) is 33.8. The van der Waals surface area contributed by atoms with Crippen molar-refractivity contribution in [2.45, 2.75) is 96.5 Å². The molecular formula is C42H60N6O9. The van der Waals surface area contributed by atoms with Gasteiger partial charge in [-0.2, -0.15) is 0 Å². The molecule has 5 N–H and O–H groups in total. The zero-order valence-electron chi connectivity index (χ0n) is 33.8. The van der Waals surface area contributed by atoms with E-state index >= 15 is 0 Å². The molecule has 2 heterocycles. The number of hydrogen-bond acceptors (Lipinski definition) is 10. The molecule has 2 saturated heterocycles.